The number of aliphatic hydroxyl groups is 1. The van der Waals surface area contributed by atoms with Gasteiger partial charge in [-0.15, -0.1) is 0 Å². The molecule has 0 aromatic heterocycles. The molecule has 1 aromatic rings. The van der Waals surface area contributed by atoms with Crippen molar-refractivity contribution >= 4 is 11.6 Å². The van der Waals surface area contributed by atoms with Gasteiger partial charge < -0.3 is 5.11 Å². The highest BCUT2D eigenvalue weighted by Crippen LogP contribution is 2.35. The van der Waals surface area contributed by atoms with Crippen LogP contribution >= 0.6 is 0 Å². The third-order valence-electron chi connectivity index (χ3n) is 3.47. The average molecular weight is 325 g/mol. The van der Waals surface area contributed by atoms with E-state index in [1.165, 1.54) is 18.0 Å². The van der Waals surface area contributed by atoms with E-state index in [1.807, 2.05) is 0 Å². The molecule has 5 nitrogen and oxygen atoms in total. The van der Waals surface area contributed by atoms with E-state index in [4.69, 9.17) is 5.26 Å². The summed E-state index contributed by atoms with van der Waals surface area (Å²) in [5.41, 5.74) is 1.99. The molecule has 0 saturated heterocycles. The summed E-state index contributed by atoms with van der Waals surface area (Å²) in [7, 11) is 0. The number of aryl methyl sites for hydroxylation is 1. The van der Waals surface area contributed by atoms with Gasteiger partial charge in [-0.05, 0) is 37.5 Å². The highest BCUT2D eigenvalue weighted by atomic mass is 19.4. The van der Waals surface area contributed by atoms with Crippen LogP contribution in [-0.4, -0.2) is 17.6 Å². The molecule has 1 aliphatic heterocycles. The number of nitrogens with one attached hydrogen (secondary N) is 1. The fourth-order valence-electron chi connectivity index (χ4n) is 2.34. The molecule has 8 heteroatoms. The maximum Gasteiger partial charge on any atom is 0.416 e. The van der Waals surface area contributed by atoms with Crippen molar-refractivity contribution in [3.63, 3.8) is 0 Å². The number of hydrogen-bond acceptors (Lipinski definition) is 4. The van der Waals surface area contributed by atoms with Crippen LogP contribution in [0.15, 0.2) is 29.5 Å². The van der Waals surface area contributed by atoms with Crippen molar-refractivity contribution in [3.8, 4) is 6.07 Å². The molecule has 1 amide bonds. The molecule has 0 bridgehead atoms. The van der Waals surface area contributed by atoms with Gasteiger partial charge in [-0.25, -0.2) is 0 Å². The summed E-state index contributed by atoms with van der Waals surface area (Å²) in [6.07, 6.45) is -3.25. The van der Waals surface area contributed by atoms with Crippen molar-refractivity contribution < 1.29 is 23.1 Å². The third-order valence-corrected chi connectivity index (χ3v) is 3.47. The summed E-state index contributed by atoms with van der Waals surface area (Å²) < 4.78 is 38.5. The van der Waals surface area contributed by atoms with Crippen molar-refractivity contribution in [2.75, 3.05) is 11.6 Å². The lowest BCUT2D eigenvalue weighted by molar-refractivity contribution is -0.137. The second-order valence-corrected chi connectivity index (χ2v) is 5.11. The molecule has 2 N–H and O–H groups in total. The minimum Gasteiger partial charge on any atom is -0.511 e. The predicted octanol–water partition coefficient (Wildman–Crippen LogP) is 2.84. The minimum absolute atomic E-state index is 0.243. The number of hydrazine groups is 1. The Morgan fingerprint density at radius 3 is 2.70 bits per heavy atom. The van der Waals surface area contributed by atoms with E-state index in [-0.39, 0.29) is 5.69 Å². The monoisotopic (exact) mass is 325 g/mol. The zero-order chi connectivity index (χ0) is 17.2. The standard InChI is InChI=1S/C15H14F3N3O2/c1-9(22)12(8-19)14(23)20-21-6-2-3-10-4-5-11(7-13(10)21)15(16,17)18/h4-5,7,22H,2-3,6H2,1H3,(H,20,23)/b12-9-. The number of carbonyl (C=O) groups excluding carboxylic acids is 1. The highest BCUT2D eigenvalue weighted by molar-refractivity contribution is 5.98. The Morgan fingerprint density at radius 2 is 2.13 bits per heavy atom. The summed E-state index contributed by atoms with van der Waals surface area (Å²) in [6.45, 7) is 1.49. The number of fused-ring (bicyclic) bond motifs is 1. The van der Waals surface area contributed by atoms with Gasteiger partial charge in [0, 0.05) is 6.54 Å². The summed E-state index contributed by atoms with van der Waals surface area (Å²) in [6, 6.07) is 4.92. The molecular weight excluding hydrogens is 311 g/mol. The van der Waals surface area contributed by atoms with E-state index in [2.05, 4.69) is 5.43 Å². The zero-order valence-corrected chi connectivity index (χ0v) is 12.2. The summed E-state index contributed by atoms with van der Waals surface area (Å²) in [4.78, 5) is 12.0. The van der Waals surface area contributed by atoms with E-state index >= 15 is 0 Å². The Balaban J connectivity index is 2.33. The van der Waals surface area contributed by atoms with E-state index in [0.29, 0.717) is 24.9 Å². The Bertz CT molecular complexity index is 701. The summed E-state index contributed by atoms with van der Waals surface area (Å²) >= 11 is 0. The van der Waals surface area contributed by atoms with Gasteiger partial charge in [-0.2, -0.15) is 18.4 Å². The van der Waals surface area contributed by atoms with Crippen LogP contribution in [0.2, 0.25) is 0 Å². The Labute approximate surface area is 130 Å². The Morgan fingerprint density at radius 1 is 1.43 bits per heavy atom. The van der Waals surface area contributed by atoms with Gasteiger partial charge in [-0.1, -0.05) is 6.07 Å². The van der Waals surface area contributed by atoms with Crippen LogP contribution < -0.4 is 10.4 Å². The van der Waals surface area contributed by atoms with E-state index in [1.54, 1.807) is 6.07 Å². The molecule has 122 valence electrons. The lowest BCUT2D eigenvalue weighted by Crippen LogP contribution is -2.46. The number of rotatable bonds is 2. The molecule has 0 spiro atoms. The number of amides is 1. The van der Waals surface area contributed by atoms with Crippen molar-refractivity contribution in [2.45, 2.75) is 25.9 Å². The zero-order valence-electron chi connectivity index (χ0n) is 12.2. The number of benzene rings is 1. The molecular formula is C15H14F3N3O2. The van der Waals surface area contributed by atoms with Crippen LogP contribution in [-0.2, 0) is 17.4 Å². The number of carbonyl (C=O) groups is 1. The van der Waals surface area contributed by atoms with Crippen LogP contribution in [0.1, 0.15) is 24.5 Å². The molecule has 1 aliphatic rings. The van der Waals surface area contributed by atoms with Gasteiger partial charge in [0.1, 0.15) is 11.8 Å². The molecule has 1 aromatic carbocycles. The van der Waals surface area contributed by atoms with Crippen LogP contribution in [0, 0.1) is 11.3 Å². The van der Waals surface area contributed by atoms with Crippen molar-refractivity contribution in [2.24, 2.45) is 0 Å². The third kappa shape index (κ3) is 3.56. The van der Waals surface area contributed by atoms with Gasteiger partial charge in [-0.3, -0.25) is 15.2 Å². The fourth-order valence-corrected chi connectivity index (χ4v) is 2.34. The first-order valence-corrected chi connectivity index (χ1v) is 6.82. The normalized spacial score (nSPS) is 15.3. The van der Waals surface area contributed by atoms with Crippen LogP contribution in [0.3, 0.4) is 0 Å². The topological polar surface area (TPSA) is 76.4 Å². The molecule has 23 heavy (non-hydrogen) atoms. The Hall–Kier alpha value is -2.69. The fraction of sp³-hybridized carbons (Fsp3) is 0.333. The van der Waals surface area contributed by atoms with E-state index < -0.39 is 29.0 Å². The Kier molecular flexibility index (Phi) is 4.50. The first-order valence-electron chi connectivity index (χ1n) is 6.82. The molecule has 0 radical (unpaired) electrons. The van der Waals surface area contributed by atoms with E-state index in [0.717, 1.165) is 12.1 Å². The molecule has 0 fully saturated rings. The summed E-state index contributed by atoms with van der Waals surface area (Å²) in [5, 5.41) is 19.4. The predicted molar refractivity (Wildman–Crippen MR) is 76.2 cm³/mol. The lowest BCUT2D eigenvalue weighted by Gasteiger charge is -2.31. The van der Waals surface area contributed by atoms with Gasteiger partial charge in [0.25, 0.3) is 5.91 Å². The second kappa shape index (κ2) is 6.20. The largest absolute Gasteiger partial charge is 0.511 e. The van der Waals surface area contributed by atoms with Crippen molar-refractivity contribution in [1.82, 2.24) is 5.43 Å². The molecule has 2 rings (SSSR count). The number of aliphatic hydroxyl groups excluding tert-OH is 1. The van der Waals surface area contributed by atoms with Gasteiger partial charge >= 0.3 is 6.18 Å². The van der Waals surface area contributed by atoms with Gasteiger partial charge in [0.15, 0.2) is 5.57 Å². The molecule has 0 aliphatic carbocycles. The second-order valence-electron chi connectivity index (χ2n) is 5.11. The number of hydrogen-bond donors (Lipinski definition) is 2. The maximum atomic E-state index is 12.8. The van der Waals surface area contributed by atoms with E-state index in [9.17, 15) is 23.1 Å². The van der Waals surface area contributed by atoms with Crippen molar-refractivity contribution in [3.05, 3.63) is 40.7 Å². The first kappa shape index (κ1) is 16.7. The van der Waals surface area contributed by atoms with Gasteiger partial charge in [0.05, 0.1) is 11.3 Å². The van der Waals surface area contributed by atoms with Crippen LogP contribution in [0.4, 0.5) is 18.9 Å². The molecule has 1 heterocycles. The SMILES string of the molecule is C/C(O)=C(\C#N)C(=O)NN1CCCc2ccc(C(F)(F)F)cc21. The first-order chi connectivity index (χ1) is 10.7. The molecule has 0 saturated carbocycles. The number of anilines is 1. The van der Waals surface area contributed by atoms with Gasteiger partial charge in [0.2, 0.25) is 0 Å². The number of alkyl halides is 3. The number of nitrogens with zero attached hydrogens (tertiary/aromatic N) is 2. The average Bonchev–Trinajstić information content (AvgIpc) is 2.46. The molecule has 0 atom stereocenters. The molecule has 0 unspecified atom stereocenters. The van der Waals surface area contributed by atoms with Crippen LogP contribution in [0.25, 0.3) is 0 Å². The maximum absolute atomic E-state index is 12.8. The lowest BCUT2D eigenvalue weighted by atomic mass is 10.0. The number of allylic oxidation sites excluding steroid dienone is 1. The smallest absolute Gasteiger partial charge is 0.416 e. The van der Waals surface area contributed by atoms with Crippen molar-refractivity contribution in [1.29, 1.82) is 5.26 Å². The minimum atomic E-state index is -4.48. The quantitative estimate of drug-likeness (QED) is 0.498. The summed E-state index contributed by atoms with van der Waals surface area (Å²) in [5.74, 6) is -1.32. The number of halogens is 3. The highest BCUT2D eigenvalue weighted by Gasteiger charge is 2.32. The number of nitriles is 1. The van der Waals surface area contributed by atoms with Crippen LogP contribution in [0.5, 0.6) is 0 Å².